The van der Waals surface area contributed by atoms with Crippen molar-refractivity contribution in [1.82, 2.24) is 15.1 Å². The summed E-state index contributed by atoms with van der Waals surface area (Å²) in [6.07, 6.45) is 1.97. The fourth-order valence-corrected chi connectivity index (χ4v) is 4.82. The average Bonchev–Trinajstić information content (AvgIpc) is 2.71. The molecule has 0 saturated carbocycles. The summed E-state index contributed by atoms with van der Waals surface area (Å²) < 4.78 is 14.3. The zero-order valence-electron chi connectivity index (χ0n) is 17.0. The van der Waals surface area contributed by atoms with Crippen molar-refractivity contribution in [2.75, 3.05) is 32.7 Å². The van der Waals surface area contributed by atoms with E-state index >= 15 is 0 Å². The molecule has 2 aromatic carbocycles. The molecular formula is C23H24BrClFN3O2. The predicted octanol–water partition coefficient (Wildman–Crippen LogP) is 4.21. The van der Waals surface area contributed by atoms with Crippen molar-refractivity contribution in [3.63, 3.8) is 0 Å². The topological polar surface area (TPSA) is 52.7 Å². The Hall–Kier alpha value is -1.96. The molecule has 5 nitrogen and oxygen atoms in total. The van der Waals surface area contributed by atoms with E-state index < -0.39 is 5.82 Å². The molecule has 2 aliphatic heterocycles. The normalized spacial score (nSPS) is 18.0. The van der Waals surface area contributed by atoms with Gasteiger partial charge in [-0.1, -0.05) is 33.6 Å². The molecular weight excluding hydrogens is 485 g/mol. The Morgan fingerprint density at radius 1 is 1.10 bits per heavy atom. The van der Waals surface area contributed by atoms with Crippen LogP contribution in [0, 0.1) is 11.7 Å². The molecule has 2 heterocycles. The smallest absolute Gasteiger partial charge is 0.254 e. The highest BCUT2D eigenvalue weighted by molar-refractivity contribution is 9.10. The monoisotopic (exact) mass is 507 g/mol. The number of likely N-dealkylation sites (tertiary alicyclic amines) is 2. The van der Waals surface area contributed by atoms with E-state index in [-0.39, 0.29) is 22.4 Å². The van der Waals surface area contributed by atoms with Crippen LogP contribution in [0.25, 0.3) is 0 Å². The number of carbonyl (C=O) groups excluding carboxylic acids is 2. The van der Waals surface area contributed by atoms with E-state index in [0.717, 1.165) is 43.5 Å². The fraction of sp³-hybridized carbons (Fsp3) is 0.391. The fourth-order valence-electron chi connectivity index (χ4n) is 4.20. The summed E-state index contributed by atoms with van der Waals surface area (Å²) in [5.74, 6) is -0.347. The van der Waals surface area contributed by atoms with Gasteiger partial charge in [-0.3, -0.25) is 14.5 Å². The molecule has 2 amide bonds. The van der Waals surface area contributed by atoms with Crippen LogP contribution in [-0.4, -0.2) is 60.4 Å². The van der Waals surface area contributed by atoms with Gasteiger partial charge in [-0.05, 0) is 68.2 Å². The maximum Gasteiger partial charge on any atom is 0.254 e. The Balaban J connectivity index is 1.19. The molecule has 164 valence electrons. The molecule has 2 fully saturated rings. The zero-order chi connectivity index (χ0) is 22.0. The Kier molecular flexibility index (Phi) is 6.94. The van der Waals surface area contributed by atoms with Crippen LogP contribution < -0.4 is 5.32 Å². The van der Waals surface area contributed by atoms with Crippen LogP contribution in [0.3, 0.4) is 0 Å². The van der Waals surface area contributed by atoms with Crippen molar-refractivity contribution in [2.24, 2.45) is 5.92 Å². The molecule has 1 N–H and O–H groups in total. The van der Waals surface area contributed by atoms with Gasteiger partial charge in [0.25, 0.3) is 11.8 Å². The number of carbonyl (C=O) groups is 2. The largest absolute Gasteiger partial charge is 0.352 e. The van der Waals surface area contributed by atoms with E-state index in [1.807, 2.05) is 29.2 Å². The summed E-state index contributed by atoms with van der Waals surface area (Å²) in [4.78, 5) is 29.2. The molecule has 0 atom stereocenters. The number of halogens is 3. The summed E-state index contributed by atoms with van der Waals surface area (Å²) >= 11 is 9.24. The van der Waals surface area contributed by atoms with Crippen molar-refractivity contribution in [1.29, 1.82) is 0 Å². The van der Waals surface area contributed by atoms with E-state index in [1.54, 1.807) is 0 Å². The minimum Gasteiger partial charge on any atom is -0.352 e. The molecule has 31 heavy (non-hydrogen) atoms. The number of hydrogen-bond acceptors (Lipinski definition) is 3. The molecule has 4 rings (SSSR count). The first-order valence-corrected chi connectivity index (χ1v) is 11.6. The zero-order valence-corrected chi connectivity index (χ0v) is 19.3. The molecule has 0 spiro atoms. The first-order valence-electron chi connectivity index (χ1n) is 10.4. The summed E-state index contributed by atoms with van der Waals surface area (Å²) in [5.41, 5.74) is 0.953. The second-order valence-corrected chi connectivity index (χ2v) is 9.57. The second-order valence-electron chi connectivity index (χ2n) is 8.22. The predicted molar refractivity (Wildman–Crippen MR) is 122 cm³/mol. The highest BCUT2D eigenvalue weighted by Crippen LogP contribution is 2.25. The molecule has 8 heteroatoms. The highest BCUT2D eigenvalue weighted by Gasteiger charge is 2.36. The molecule has 0 unspecified atom stereocenters. The van der Waals surface area contributed by atoms with Gasteiger partial charge in [0.1, 0.15) is 5.82 Å². The van der Waals surface area contributed by atoms with Crippen molar-refractivity contribution in [3.8, 4) is 0 Å². The van der Waals surface area contributed by atoms with Crippen LogP contribution in [0.4, 0.5) is 4.39 Å². The van der Waals surface area contributed by atoms with Crippen LogP contribution >= 0.6 is 27.5 Å². The van der Waals surface area contributed by atoms with Gasteiger partial charge in [0.05, 0.1) is 0 Å². The first-order chi connectivity index (χ1) is 14.9. The third-order valence-corrected chi connectivity index (χ3v) is 6.77. The minimum atomic E-state index is -0.515. The highest BCUT2D eigenvalue weighted by atomic mass is 79.9. The van der Waals surface area contributed by atoms with Crippen LogP contribution in [0.2, 0.25) is 5.02 Å². The Labute approximate surface area is 194 Å². The Bertz CT molecular complexity index is 955. The van der Waals surface area contributed by atoms with E-state index in [0.29, 0.717) is 24.1 Å². The van der Waals surface area contributed by atoms with Crippen molar-refractivity contribution >= 4 is 39.3 Å². The number of nitrogens with zero attached hydrogens (tertiary/aromatic N) is 2. The maximum absolute atomic E-state index is 13.4. The van der Waals surface area contributed by atoms with Crippen molar-refractivity contribution in [2.45, 2.75) is 18.9 Å². The minimum absolute atomic E-state index is 0.0765. The summed E-state index contributed by atoms with van der Waals surface area (Å²) in [5, 5.41) is 3.11. The SMILES string of the molecule is O=C(NCC1CCN(C2CN(C(=O)c3cccc(Br)c3)C2)CC1)c1cc(F)cc(Cl)c1. The van der Waals surface area contributed by atoms with Gasteiger partial charge in [-0.15, -0.1) is 0 Å². The number of rotatable bonds is 5. The molecule has 2 aliphatic rings. The van der Waals surface area contributed by atoms with Crippen LogP contribution in [0.15, 0.2) is 46.9 Å². The standard InChI is InChI=1S/C23H24BrClFN3O2/c24-18-3-1-2-16(8-18)23(31)29-13-21(14-29)28-6-4-15(5-7-28)12-27-22(30)17-9-19(25)11-20(26)10-17/h1-3,8-11,15,21H,4-7,12-14H2,(H,27,30). The second kappa shape index (κ2) is 9.67. The quantitative estimate of drug-likeness (QED) is 0.658. The van der Waals surface area contributed by atoms with Crippen molar-refractivity contribution < 1.29 is 14.0 Å². The molecule has 0 aliphatic carbocycles. The summed E-state index contributed by atoms with van der Waals surface area (Å²) in [6.45, 7) is 3.99. The van der Waals surface area contributed by atoms with E-state index in [2.05, 4.69) is 26.1 Å². The van der Waals surface area contributed by atoms with Crippen LogP contribution in [-0.2, 0) is 0 Å². The molecule has 2 saturated heterocycles. The molecule has 2 aromatic rings. The van der Waals surface area contributed by atoms with E-state index in [4.69, 9.17) is 11.6 Å². The van der Waals surface area contributed by atoms with Gasteiger partial charge < -0.3 is 10.2 Å². The van der Waals surface area contributed by atoms with Gasteiger partial charge in [-0.2, -0.15) is 0 Å². The van der Waals surface area contributed by atoms with Gasteiger partial charge in [0, 0.05) is 46.3 Å². The molecule has 0 aromatic heterocycles. The molecule has 0 radical (unpaired) electrons. The van der Waals surface area contributed by atoms with Gasteiger partial charge in [0.15, 0.2) is 0 Å². The van der Waals surface area contributed by atoms with Gasteiger partial charge in [-0.25, -0.2) is 4.39 Å². The maximum atomic E-state index is 13.4. The molecule has 0 bridgehead atoms. The summed E-state index contributed by atoms with van der Waals surface area (Å²) in [6, 6.07) is 11.7. The lowest BCUT2D eigenvalue weighted by Gasteiger charge is -2.47. The lowest BCUT2D eigenvalue weighted by molar-refractivity contribution is 0.0146. The van der Waals surface area contributed by atoms with E-state index in [1.165, 1.54) is 18.2 Å². The van der Waals surface area contributed by atoms with E-state index in [9.17, 15) is 14.0 Å². The van der Waals surface area contributed by atoms with Crippen molar-refractivity contribution in [3.05, 3.63) is 68.9 Å². The van der Waals surface area contributed by atoms with Crippen LogP contribution in [0.1, 0.15) is 33.6 Å². The number of amides is 2. The van der Waals surface area contributed by atoms with Gasteiger partial charge >= 0.3 is 0 Å². The lowest BCUT2D eigenvalue weighted by Crippen LogP contribution is -2.62. The third kappa shape index (κ3) is 5.45. The third-order valence-electron chi connectivity index (χ3n) is 6.06. The number of piperidine rings is 1. The number of benzene rings is 2. The Morgan fingerprint density at radius 2 is 1.84 bits per heavy atom. The average molecular weight is 509 g/mol. The Morgan fingerprint density at radius 3 is 2.52 bits per heavy atom. The number of nitrogens with one attached hydrogen (secondary N) is 1. The van der Waals surface area contributed by atoms with Gasteiger partial charge in [0.2, 0.25) is 0 Å². The summed E-state index contributed by atoms with van der Waals surface area (Å²) in [7, 11) is 0. The lowest BCUT2D eigenvalue weighted by atomic mass is 9.93. The first kappa shape index (κ1) is 22.2. The number of hydrogen-bond donors (Lipinski definition) is 1. The van der Waals surface area contributed by atoms with Crippen LogP contribution in [0.5, 0.6) is 0 Å².